The third-order valence-corrected chi connectivity index (χ3v) is 3.40. The Bertz CT molecular complexity index is 322. The van der Waals surface area contributed by atoms with Crippen molar-refractivity contribution in [3.8, 4) is 0 Å². The normalized spacial score (nSPS) is 21.1. The molecule has 0 bridgehead atoms. The topological polar surface area (TPSA) is 24.9 Å². The van der Waals surface area contributed by atoms with E-state index in [0.29, 0.717) is 4.47 Å². The molecule has 76 valence electrons. The van der Waals surface area contributed by atoms with E-state index >= 15 is 0 Å². The van der Waals surface area contributed by atoms with Gasteiger partial charge in [0.1, 0.15) is 5.82 Å². The molecule has 1 atom stereocenters. The summed E-state index contributed by atoms with van der Waals surface area (Å²) in [4.78, 5) is 4.15. The van der Waals surface area contributed by atoms with E-state index in [9.17, 15) is 0 Å². The average molecular weight is 229 g/mol. The van der Waals surface area contributed by atoms with Crippen molar-refractivity contribution in [2.45, 2.75) is 19.3 Å². The summed E-state index contributed by atoms with van der Waals surface area (Å²) in [6.07, 6.45) is 8.20. The van der Waals surface area contributed by atoms with Gasteiger partial charge in [0.15, 0.2) is 4.47 Å². The fourth-order valence-corrected chi connectivity index (χ4v) is 2.34. The van der Waals surface area contributed by atoms with Crippen LogP contribution in [0.5, 0.6) is 0 Å². The Balaban J connectivity index is 1.79. The molecule has 0 saturated heterocycles. The van der Waals surface area contributed by atoms with Gasteiger partial charge in [-0.1, -0.05) is 23.8 Å². The molecule has 1 aliphatic rings. The number of anilines is 1. The first-order valence-electron chi connectivity index (χ1n) is 4.84. The third-order valence-electron chi connectivity index (χ3n) is 2.43. The van der Waals surface area contributed by atoms with Gasteiger partial charge in [0.2, 0.25) is 0 Å². The third kappa shape index (κ3) is 2.72. The van der Waals surface area contributed by atoms with Crippen molar-refractivity contribution in [2.24, 2.45) is 5.92 Å². The zero-order valence-corrected chi connectivity index (χ0v) is 9.44. The highest BCUT2D eigenvalue weighted by Crippen LogP contribution is 2.21. The lowest BCUT2D eigenvalue weighted by Crippen LogP contribution is -2.15. The predicted octanol–water partition coefficient (Wildman–Crippen LogP) is 3.56. The minimum absolute atomic E-state index is 0.607. The van der Waals surface area contributed by atoms with Gasteiger partial charge in [-0.2, -0.15) is 0 Å². The molecule has 2 rings (SSSR count). The standard InChI is InChI=1S/C10H13ClN2S/c11-10-13-9(7-14-10)12-6-8-4-2-1-3-5-8/h1-2,7-8,12H,3-6H2. The van der Waals surface area contributed by atoms with E-state index in [4.69, 9.17) is 11.6 Å². The van der Waals surface area contributed by atoms with Crippen LogP contribution in [-0.4, -0.2) is 11.5 Å². The molecule has 1 heterocycles. The predicted molar refractivity (Wildman–Crippen MR) is 62.1 cm³/mol. The lowest BCUT2D eigenvalue weighted by molar-refractivity contribution is 0.504. The lowest BCUT2D eigenvalue weighted by Gasteiger charge is -2.17. The second-order valence-corrected chi connectivity index (χ2v) is 4.96. The lowest BCUT2D eigenvalue weighted by atomic mass is 9.94. The van der Waals surface area contributed by atoms with E-state index in [1.807, 2.05) is 5.38 Å². The number of nitrogens with zero attached hydrogens (tertiary/aromatic N) is 1. The Kier molecular flexibility index (Phi) is 3.43. The summed E-state index contributed by atoms with van der Waals surface area (Å²) in [6.45, 7) is 1.00. The van der Waals surface area contributed by atoms with Crippen molar-refractivity contribution < 1.29 is 0 Å². The van der Waals surface area contributed by atoms with Crippen LogP contribution >= 0.6 is 22.9 Å². The summed E-state index contributed by atoms with van der Waals surface area (Å²) in [6, 6.07) is 0. The number of hydrogen-bond donors (Lipinski definition) is 1. The van der Waals surface area contributed by atoms with Crippen molar-refractivity contribution in [1.82, 2.24) is 4.98 Å². The fourth-order valence-electron chi connectivity index (χ4n) is 1.62. The quantitative estimate of drug-likeness (QED) is 0.801. The van der Waals surface area contributed by atoms with Crippen LogP contribution in [0.15, 0.2) is 17.5 Å². The van der Waals surface area contributed by atoms with E-state index in [-0.39, 0.29) is 0 Å². The largest absolute Gasteiger partial charge is 0.369 e. The number of thiazole rings is 1. The molecule has 0 fully saturated rings. The van der Waals surface area contributed by atoms with Crippen molar-refractivity contribution in [3.63, 3.8) is 0 Å². The van der Waals surface area contributed by atoms with Crippen LogP contribution in [0.4, 0.5) is 5.82 Å². The monoisotopic (exact) mass is 228 g/mol. The molecular formula is C10H13ClN2S. The number of hydrogen-bond acceptors (Lipinski definition) is 3. The maximum absolute atomic E-state index is 5.74. The number of nitrogens with one attached hydrogen (secondary N) is 1. The molecule has 0 radical (unpaired) electrons. The van der Waals surface area contributed by atoms with Crippen molar-refractivity contribution in [3.05, 3.63) is 22.0 Å². The second kappa shape index (κ2) is 4.80. The molecule has 4 heteroatoms. The van der Waals surface area contributed by atoms with Crippen LogP contribution in [0.1, 0.15) is 19.3 Å². The average Bonchev–Trinajstić information content (AvgIpc) is 2.63. The highest BCUT2D eigenvalue weighted by Gasteiger charge is 2.09. The van der Waals surface area contributed by atoms with Crippen LogP contribution < -0.4 is 5.32 Å². The summed E-state index contributed by atoms with van der Waals surface area (Å²) < 4.78 is 0.607. The fraction of sp³-hybridized carbons (Fsp3) is 0.500. The van der Waals surface area contributed by atoms with Gasteiger partial charge in [0.05, 0.1) is 0 Å². The first-order chi connectivity index (χ1) is 6.84. The highest BCUT2D eigenvalue weighted by molar-refractivity contribution is 7.14. The molecule has 1 unspecified atom stereocenters. The number of halogens is 1. The molecule has 1 N–H and O–H groups in total. The maximum Gasteiger partial charge on any atom is 0.185 e. The van der Waals surface area contributed by atoms with Gasteiger partial charge in [0.25, 0.3) is 0 Å². The van der Waals surface area contributed by atoms with E-state index in [2.05, 4.69) is 22.5 Å². The van der Waals surface area contributed by atoms with Gasteiger partial charge >= 0.3 is 0 Å². The van der Waals surface area contributed by atoms with Gasteiger partial charge in [-0.15, -0.1) is 11.3 Å². The zero-order valence-electron chi connectivity index (χ0n) is 7.87. The summed E-state index contributed by atoms with van der Waals surface area (Å²) >= 11 is 7.21. The van der Waals surface area contributed by atoms with E-state index < -0.39 is 0 Å². The molecule has 0 aliphatic heterocycles. The van der Waals surface area contributed by atoms with Crippen LogP contribution in [0, 0.1) is 5.92 Å². The molecule has 0 spiro atoms. The first-order valence-corrected chi connectivity index (χ1v) is 6.10. The summed E-state index contributed by atoms with van der Waals surface area (Å²) in [7, 11) is 0. The molecule has 1 aliphatic carbocycles. The van der Waals surface area contributed by atoms with E-state index in [1.54, 1.807) is 0 Å². The minimum Gasteiger partial charge on any atom is -0.369 e. The Morgan fingerprint density at radius 1 is 1.57 bits per heavy atom. The van der Waals surface area contributed by atoms with Gasteiger partial charge < -0.3 is 5.32 Å². The van der Waals surface area contributed by atoms with Crippen LogP contribution in [0.2, 0.25) is 4.47 Å². The van der Waals surface area contributed by atoms with Crippen molar-refractivity contribution in [2.75, 3.05) is 11.9 Å². The van der Waals surface area contributed by atoms with Gasteiger partial charge in [-0.25, -0.2) is 4.98 Å². The van der Waals surface area contributed by atoms with Crippen LogP contribution in [0.3, 0.4) is 0 Å². The summed E-state index contributed by atoms with van der Waals surface area (Å²) in [5, 5.41) is 5.28. The maximum atomic E-state index is 5.74. The molecule has 1 aromatic rings. The Morgan fingerprint density at radius 3 is 3.14 bits per heavy atom. The minimum atomic E-state index is 0.607. The molecule has 14 heavy (non-hydrogen) atoms. The van der Waals surface area contributed by atoms with Crippen molar-refractivity contribution >= 4 is 28.8 Å². The molecule has 0 amide bonds. The molecule has 2 nitrogen and oxygen atoms in total. The number of rotatable bonds is 3. The van der Waals surface area contributed by atoms with Gasteiger partial charge in [0, 0.05) is 11.9 Å². The Hall–Kier alpha value is -0.540. The number of allylic oxidation sites excluding steroid dienone is 2. The van der Waals surface area contributed by atoms with Gasteiger partial charge in [-0.3, -0.25) is 0 Å². The van der Waals surface area contributed by atoms with E-state index in [1.165, 1.54) is 30.6 Å². The van der Waals surface area contributed by atoms with Crippen LogP contribution in [-0.2, 0) is 0 Å². The van der Waals surface area contributed by atoms with Crippen molar-refractivity contribution in [1.29, 1.82) is 0 Å². The van der Waals surface area contributed by atoms with Gasteiger partial charge in [-0.05, 0) is 25.2 Å². The molecule has 0 saturated carbocycles. The van der Waals surface area contributed by atoms with Crippen LogP contribution in [0.25, 0.3) is 0 Å². The molecular weight excluding hydrogens is 216 g/mol. The zero-order chi connectivity index (χ0) is 9.80. The first kappa shape index (κ1) is 9.99. The smallest absolute Gasteiger partial charge is 0.185 e. The summed E-state index contributed by atoms with van der Waals surface area (Å²) in [5.41, 5.74) is 0. The SMILES string of the molecule is Clc1nc(NCC2CC=CCC2)cs1. The second-order valence-electron chi connectivity index (χ2n) is 3.52. The highest BCUT2D eigenvalue weighted by atomic mass is 35.5. The molecule has 0 aromatic carbocycles. The number of aromatic nitrogens is 1. The Morgan fingerprint density at radius 2 is 2.50 bits per heavy atom. The summed E-state index contributed by atoms with van der Waals surface area (Å²) in [5.74, 6) is 1.66. The molecule has 1 aromatic heterocycles. The Labute approximate surface area is 93.0 Å². The van der Waals surface area contributed by atoms with E-state index in [0.717, 1.165) is 18.3 Å².